The Morgan fingerprint density at radius 1 is 1.08 bits per heavy atom. The topological polar surface area (TPSA) is 197 Å². The third-order valence-electron chi connectivity index (χ3n) is 12.6. The number of nitrogens with zero attached hydrogens (tertiary/aromatic N) is 6. The summed E-state index contributed by atoms with van der Waals surface area (Å²) in [6.45, 7) is 16.0. The normalized spacial score (nSPS) is 30.8. The minimum Gasteiger partial charge on any atom is -0.458 e. The van der Waals surface area contributed by atoms with Crippen LogP contribution in [0.5, 0.6) is 0 Å². The summed E-state index contributed by atoms with van der Waals surface area (Å²) in [4.78, 5) is 63.0. The number of aldehydes is 1. The standard InChI is InChI=1S/C44H71N7O10/c1-12-34(49(9)10)37(54)41(58-14-3)60-39-29(5)36(53)30(6)40(55)59-35(13-2)43(8)38(31(7)46-26-28(4)25-44(39,57-11)20-24-52)51(42(56)61-43)23-18-17-22-50-27-33(47-48-50)32-19-15-16-21-45-32/h15-16,19,21,24,27-31,34-35,37-39,41,46,54H,12-14,17-18,20,22-23,25-26H2,1-11H3/t28-,29+,30-,31-,34?,35-,37?,38-,39-,41+,43-,44-/m1/s1. The smallest absolute Gasteiger partial charge is 0.410 e. The first-order valence-electron chi connectivity index (χ1n) is 21.9. The molecule has 2 unspecified atom stereocenters. The summed E-state index contributed by atoms with van der Waals surface area (Å²) >= 11 is 0. The second kappa shape index (κ2) is 22.5. The Balaban J connectivity index is 1.66. The number of hydrogen-bond acceptors (Lipinski definition) is 15. The van der Waals surface area contributed by atoms with Crippen molar-refractivity contribution in [1.29, 1.82) is 0 Å². The first-order chi connectivity index (χ1) is 29.0. The van der Waals surface area contributed by atoms with Gasteiger partial charge in [0.05, 0.1) is 24.0 Å². The molecule has 4 heterocycles. The van der Waals surface area contributed by atoms with Crippen molar-refractivity contribution in [3.8, 4) is 11.4 Å². The number of nitrogens with one attached hydrogen (secondary N) is 1. The van der Waals surface area contributed by atoms with Crippen molar-refractivity contribution < 1.29 is 48.0 Å². The lowest BCUT2D eigenvalue weighted by molar-refractivity contribution is -0.268. The number of aliphatic hydroxyl groups is 1. The van der Waals surface area contributed by atoms with Gasteiger partial charge in [0.25, 0.3) is 0 Å². The first-order valence-corrected chi connectivity index (χ1v) is 21.9. The Morgan fingerprint density at radius 3 is 2.41 bits per heavy atom. The molecule has 2 aliphatic heterocycles. The van der Waals surface area contributed by atoms with Crippen LogP contribution in [0.4, 0.5) is 4.79 Å². The molecule has 17 nitrogen and oxygen atoms in total. The number of cyclic esters (lactones) is 1. The molecule has 2 fully saturated rings. The number of unbranched alkanes of at least 4 members (excludes halogenated alkanes) is 1. The van der Waals surface area contributed by atoms with Crippen LogP contribution in [-0.4, -0.2) is 154 Å². The molecule has 0 saturated carbocycles. The number of carbonyl (C=O) groups is 4. The van der Waals surface area contributed by atoms with E-state index in [1.165, 1.54) is 14.0 Å². The third-order valence-corrected chi connectivity index (χ3v) is 12.6. The zero-order valence-corrected chi connectivity index (χ0v) is 38.1. The second-order valence-electron chi connectivity index (χ2n) is 17.2. The van der Waals surface area contributed by atoms with Gasteiger partial charge in [-0.1, -0.05) is 39.0 Å². The molecule has 0 aliphatic carbocycles. The monoisotopic (exact) mass is 858 g/mol. The Hall–Kier alpha value is -3.87. The first kappa shape index (κ1) is 49.8. The molecule has 342 valence electrons. The molecule has 12 atom stereocenters. The Morgan fingerprint density at radius 2 is 1.80 bits per heavy atom. The van der Waals surface area contributed by atoms with Gasteiger partial charge >= 0.3 is 12.1 Å². The lowest BCUT2D eigenvalue weighted by Gasteiger charge is -2.45. The minimum atomic E-state index is -1.37. The summed E-state index contributed by atoms with van der Waals surface area (Å²) in [6, 6.07) is 4.32. The molecule has 2 aromatic heterocycles. The number of pyridine rings is 1. The van der Waals surface area contributed by atoms with Gasteiger partial charge in [-0.05, 0) is 98.5 Å². The molecular formula is C44H71N7O10. The largest absolute Gasteiger partial charge is 0.458 e. The summed E-state index contributed by atoms with van der Waals surface area (Å²) in [7, 11) is 5.18. The summed E-state index contributed by atoms with van der Waals surface area (Å²) < 4.78 is 33.1. The average molecular weight is 858 g/mol. The van der Waals surface area contributed by atoms with E-state index in [1.54, 1.807) is 36.5 Å². The number of amides is 1. The molecule has 2 N–H and O–H groups in total. The van der Waals surface area contributed by atoms with Crippen molar-refractivity contribution >= 4 is 24.1 Å². The number of fused-ring (bicyclic) bond motifs is 1. The van der Waals surface area contributed by atoms with E-state index in [4.69, 9.17) is 23.7 Å². The second-order valence-corrected chi connectivity index (χ2v) is 17.2. The van der Waals surface area contributed by atoms with Gasteiger partial charge < -0.3 is 43.8 Å². The summed E-state index contributed by atoms with van der Waals surface area (Å²) in [5.41, 5.74) is -1.25. The molecule has 1 amide bonds. The molecule has 4 rings (SSSR count). The highest BCUT2D eigenvalue weighted by atomic mass is 16.7. The fraction of sp³-hybridized carbons (Fsp3) is 0.750. The quantitative estimate of drug-likeness (QED) is 0.0707. The van der Waals surface area contributed by atoms with Gasteiger partial charge in [-0.15, -0.1) is 5.10 Å². The summed E-state index contributed by atoms with van der Waals surface area (Å²) in [6.07, 6.45) is 1.74. The van der Waals surface area contributed by atoms with Gasteiger partial charge in [0.15, 0.2) is 17.7 Å². The molecule has 2 aliphatic rings. The van der Waals surface area contributed by atoms with Gasteiger partial charge in [-0.25, -0.2) is 4.79 Å². The van der Waals surface area contributed by atoms with Crippen LogP contribution >= 0.6 is 0 Å². The Labute approximate surface area is 361 Å². The average Bonchev–Trinajstić information content (AvgIpc) is 3.82. The maximum Gasteiger partial charge on any atom is 0.410 e. The molecule has 0 spiro atoms. The lowest BCUT2D eigenvalue weighted by Crippen LogP contribution is -2.61. The highest BCUT2D eigenvalue weighted by Crippen LogP contribution is 2.40. The van der Waals surface area contributed by atoms with E-state index < -0.39 is 71.5 Å². The Kier molecular flexibility index (Phi) is 18.3. The van der Waals surface area contributed by atoms with Crippen LogP contribution in [0.1, 0.15) is 93.9 Å². The van der Waals surface area contributed by atoms with Gasteiger partial charge in [-0.3, -0.25) is 24.2 Å². The number of methoxy groups -OCH3 is 1. The number of hydrogen-bond donors (Lipinski definition) is 2. The van der Waals surface area contributed by atoms with E-state index >= 15 is 0 Å². The van der Waals surface area contributed by atoms with Crippen LogP contribution < -0.4 is 5.32 Å². The molecule has 61 heavy (non-hydrogen) atoms. The van der Waals surface area contributed by atoms with E-state index in [0.29, 0.717) is 51.0 Å². The van der Waals surface area contributed by atoms with Crippen molar-refractivity contribution in [3.05, 3.63) is 30.6 Å². The van der Waals surface area contributed by atoms with E-state index in [1.807, 2.05) is 71.1 Å². The summed E-state index contributed by atoms with van der Waals surface area (Å²) in [5, 5.41) is 23.8. The van der Waals surface area contributed by atoms with E-state index in [9.17, 15) is 24.3 Å². The van der Waals surface area contributed by atoms with E-state index in [2.05, 4.69) is 20.6 Å². The number of aliphatic hydroxyl groups excluding tert-OH is 1. The van der Waals surface area contributed by atoms with Crippen molar-refractivity contribution in [2.45, 2.75) is 154 Å². The van der Waals surface area contributed by atoms with Crippen molar-refractivity contribution in [3.63, 3.8) is 0 Å². The van der Waals surface area contributed by atoms with Gasteiger partial charge in [0.1, 0.15) is 35.7 Å². The number of ketones is 1. The molecule has 17 heteroatoms. The zero-order valence-electron chi connectivity index (χ0n) is 38.1. The van der Waals surface area contributed by atoms with Gasteiger partial charge in [0.2, 0.25) is 0 Å². The van der Waals surface area contributed by atoms with Crippen LogP contribution in [-0.2, 0) is 44.6 Å². The Bertz CT molecular complexity index is 1720. The summed E-state index contributed by atoms with van der Waals surface area (Å²) in [5.74, 6) is -3.75. The van der Waals surface area contributed by atoms with E-state index in [0.717, 1.165) is 12.0 Å². The molecule has 2 aromatic rings. The number of ether oxygens (including phenoxy) is 5. The lowest BCUT2D eigenvalue weighted by atomic mass is 9.76. The number of rotatable bonds is 18. The third kappa shape index (κ3) is 11.6. The van der Waals surface area contributed by atoms with Crippen LogP contribution in [0.3, 0.4) is 0 Å². The SMILES string of the molecule is CCO[C@@H](O[C@@H]1[C@@H](C)C(=O)[C@@H](C)C(=O)O[C@H](CC)[C@@]2(C)OC(=O)N(CCCCn3cc(-c4ccccn4)nn3)[C@@H]2[C@@H](C)NC[C@H](C)C[C@@]1(CC=O)OC)C(O)C(CC)N(C)C. The number of esters is 1. The predicted octanol–water partition coefficient (Wildman–Crippen LogP) is 4.30. The number of aryl methyl sites for hydroxylation is 1. The van der Waals surface area contributed by atoms with Crippen molar-refractivity contribution in [2.24, 2.45) is 17.8 Å². The molecule has 0 bridgehead atoms. The molecule has 0 radical (unpaired) electrons. The van der Waals surface area contributed by atoms with Crippen LogP contribution in [0, 0.1) is 17.8 Å². The number of likely N-dealkylation sites (N-methyl/N-ethyl adjacent to an activating group) is 1. The predicted molar refractivity (Wildman–Crippen MR) is 227 cm³/mol. The zero-order chi connectivity index (χ0) is 45.1. The fourth-order valence-electron chi connectivity index (χ4n) is 9.30. The minimum absolute atomic E-state index is 0.141. The van der Waals surface area contributed by atoms with Crippen molar-refractivity contribution in [2.75, 3.05) is 40.9 Å². The highest BCUT2D eigenvalue weighted by molar-refractivity contribution is 6.00. The maximum atomic E-state index is 14.5. The maximum absolute atomic E-state index is 14.5. The fourth-order valence-corrected chi connectivity index (χ4v) is 9.30. The van der Waals surface area contributed by atoms with E-state index in [-0.39, 0.29) is 37.5 Å². The van der Waals surface area contributed by atoms with Crippen LogP contribution in [0.25, 0.3) is 11.4 Å². The van der Waals surface area contributed by atoms with Crippen LogP contribution in [0.15, 0.2) is 30.6 Å². The molecular weight excluding hydrogens is 787 g/mol. The van der Waals surface area contributed by atoms with Crippen LogP contribution in [0.2, 0.25) is 0 Å². The number of Topliss-reactive ketones (excluding diaryl/α,β-unsaturated/α-hetero) is 1. The number of aromatic nitrogens is 4. The molecule has 0 aromatic carbocycles. The highest BCUT2D eigenvalue weighted by Gasteiger charge is 2.59. The van der Waals surface area contributed by atoms with Crippen molar-refractivity contribution in [1.82, 2.24) is 35.1 Å². The van der Waals surface area contributed by atoms with Gasteiger partial charge in [-0.2, -0.15) is 0 Å². The molecule has 2 saturated heterocycles. The van der Waals surface area contributed by atoms with Gasteiger partial charge in [0, 0.05) is 57.4 Å². The number of carbonyl (C=O) groups excluding carboxylic acids is 4.